The molecule has 0 radical (unpaired) electrons. The minimum absolute atomic E-state index is 0.348. The Labute approximate surface area is 98.8 Å². The number of likely N-dealkylation sites (tertiary alicyclic amines) is 1. The summed E-state index contributed by atoms with van der Waals surface area (Å²) in [6.45, 7) is 5.70. The van der Waals surface area contributed by atoms with Crippen LogP contribution in [0.5, 0.6) is 0 Å². The standard InChI is InChI=1S/C13H25NO2/c15-11-13(12-4-8-16-9-5-12)10-14-6-2-1-3-7-14/h12-13,15H,1-11H2. The zero-order chi connectivity index (χ0) is 11.2. The van der Waals surface area contributed by atoms with Gasteiger partial charge in [0.05, 0.1) is 0 Å². The maximum absolute atomic E-state index is 9.54. The van der Waals surface area contributed by atoms with E-state index in [1.165, 1.54) is 32.4 Å². The molecule has 3 heteroatoms. The molecule has 0 aromatic heterocycles. The molecule has 0 saturated carbocycles. The quantitative estimate of drug-likeness (QED) is 0.790. The fourth-order valence-corrected chi connectivity index (χ4v) is 3.02. The van der Waals surface area contributed by atoms with Gasteiger partial charge in [-0.15, -0.1) is 0 Å². The first-order valence-electron chi connectivity index (χ1n) is 6.81. The Morgan fingerprint density at radius 2 is 1.81 bits per heavy atom. The minimum atomic E-state index is 0.348. The van der Waals surface area contributed by atoms with E-state index < -0.39 is 0 Å². The summed E-state index contributed by atoms with van der Waals surface area (Å²) in [5.41, 5.74) is 0. The second kappa shape index (κ2) is 6.58. The Kier molecular flexibility index (Phi) is 5.07. The highest BCUT2D eigenvalue weighted by molar-refractivity contribution is 4.77. The highest BCUT2D eigenvalue weighted by Gasteiger charge is 2.25. The SMILES string of the molecule is OCC(CN1CCCCC1)C1CCOCC1. The van der Waals surface area contributed by atoms with Crippen LogP contribution in [0.4, 0.5) is 0 Å². The number of hydrogen-bond donors (Lipinski definition) is 1. The molecule has 2 rings (SSSR count). The van der Waals surface area contributed by atoms with Crippen LogP contribution in [0.3, 0.4) is 0 Å². The summed E-state index contributed by atoms with van der Waals surface area (Å²) in [5, 5.41) is 9.54. The second-order valence-electron chi connectivity index (χ2n) is 5.25. The molecule has 0 amide bonds. The lowest BCUT2D eigenvalue weighted by atomic mass is 9.86. The van der Waals surface area contributed by atoms with E-state index in [1.54, 1.807) is 0 Å². The molecule has 3 nitrogen and oxygen atoms in total. The predicted molar refractivity (Wildman–Crippen MR) is 64.4 cm³/mol. The van der Waals surface area contributed by atoms with Gasteiger partial charge in [-0.05, 0) is 50.6 Å². The number of ether oxygens (including phenoxy) is 1. The first kappa shape index (κ1) is 12.3. The molecule has 0 aliphatic carbocycles. The van der Waals surface area contributed by atoms with Crippen LogP contribution in [0.1, 0.15) is 32.1 Å². The second-order valence-corrected chi connectivity index (χ2v) is 5.25. The molecule has 2 fully saturated rings. The number of nitrogens with zero attached hydrogens (tertiary/aromatic N) is 1. The maximum atomic E-state index is 9.54. The van der Waals surface area contributed by atoms with Gasteiger partial charge in [0.25, 0.3) is 0 Å². The summed E-state index contributed by atoms with van der Waals surface area (Å²) in [6, 6.07) is 0. The highest BCUT2D eigenvalue weighted by Crippen LogP contribution is 2.25. The Morgan fingerprint density at radius 3 is 2.44 bits per heavy atom. The summed E-state index contributed by atoms with van der Waals surface area (Å²) in [5.74, 6) is 1.16. The van der Waals surface area contributed by atoms with Crippen LogP contribution in [0.25, 0.3) is 0 Å². The van der Waals surface area contributed by atoms with Crippen LogP contribution in [0.15, 0.2) is 0 Å². The van der Waals surface area contributed by atoms with Gasteiger partial charge in [-0.25, -0.2) is 0 Å². The van der Waals surface area contributed by atoms with Crippen LogP contribution < -0.4 is 0 Å². The van der Waals surface area contributed by atoms with Gasteiger partial charge in [0, 0.05) is 26.4 Å². The molecule has 94 valence electrons. The molecule has 0 bridgehead atoms. The first-order valence-corrected chi connectivity index (χ1v) is 6.81. The Balaban J connectivity index is 1.78. The third kappa shape index (κ3) is 3.44. The molecule has 2 aliphatic rings. The van der Waals surface area contributed by atoms with Gasteiger partial charge >= 0.3 is 0 Å². The van der Waals surface area contributed by atoms with Crippen molar-refractivity contribution in [1.29, 1.82) is 0 Å². The van der Waals surface area contributed by atoms with Crippen molar-refractivity contribution in [1.82, 2.24) is 4.90 Å². The van der Waals surface area contributed by atoms with Crippen molar-refractivity contribution in [3.05, 3.63) is 0 Å². The third-order valence-electron chi connectivity index (χ3n) is 4.11. The fourth-order valence-electron chi connectivity index (χ4n) is 3.02. The molecule has 2 heterocycles. The lowest BCUT2D eigenvalue weighted by Crippen LogP contribution is -2.39. The Hall–Kier alpha value is -0.120. The van der Waals surface area contributed by atoms with E-state index in [0.29, 0.717) is 18.4 Å². The normalized spacial score (nSPS) is 26.8. The van der Waals surface area contributed by atoms with Gasteiger partial charge in [0.2, 0.25) is 0 Å². The monoisotopic (exact) mass is 227 g/mol. The van der Waals surface area contributed by atoms with E-state index in [-0.39, 0.29) is 0 Å². The molecule has 1 atom stereocenters. The highest BCUT2D eigenvalue weighted by atomic mass is 16.5. The van der Waals surface area contributed by atoms with Crippen LogP contribution in [-0.4, -0.2) is 49.5 Å². The molecule has 2 aliphatic heterocycles. The van der Waals surface area contributed by atoms with Crippen molar-refractivity contribution < 1.29 is 9.84 Å². The van der Waals surface area contributed by atoms with Gasteiger partial charge in [0.15, 0.2) is 0 Å². The van der Waals surface area contributed by atoms with Crippen LogP contribution in [0, 0.1) is 11.8 Å². The number of aliphatic hydroxyl groups is 1. The molecule has 2 saturated heterocycles. The van der Waals surface area contributed by atoms with Crippen molar-refractivity contribution in [3.63, 3.8) is 0 Å². The average molecular weight is 227 g/mol. The molecule has 0 aromatic carbocycles. The van der Waals surface area contributed by atoms with E-state index in [0.717, 1.165) is 32.6 Å². The smallest absolute Gasteiger partial charge is 0.0474 e. The van der Waals surface area contributed by atoms with Gasteiger partial charge in [0.1, 0.15) is 0 Å². The number of hydrogen-bond acceptors (Lipinski definition) is 3. The largest absolute Gasteiger partial charge is 0.396 e. The first-order chi connectivity index (χ1) is 7.90. The topological polar surface area (TPSA) is 32.7 Å². The van der Waals surface area contributed by atoms with Gasteiger partial charge < -0.3 is 14.7 Å². The third-order valence-corrected chi connectivity index (χ3v) is 4.11. The van der Waals surface area contributed by atoms with E-state index in [9.17, 15) is 5.11 Å². The summed E-state index contributed by atoms with van der Waals surface area (Å²) in [6.07, 6.45) is 6.34. The Bertz CT molecular complexity index is 186. The lowest BCUT2D eigenvalue weighted by Gasteiger charge is -2.35. The van der Waals surface area contributed by atoms with E-state index in [1.807, 2.05) is 0 Å². The molecule has 0 aromatic rings. The minimum Gasteiger partial charge on any atom is -0.396 e. The van der Waals surface area contributed by atoms with Crippen molar-refractivity contribution in [2.45, 2.75) is 32.1 Å². The van der Waals surface area contributed by atoms with Crippen molar-refractivity contribution in [2.24, 2.45) is 11.8 Å². The van der Waals surface area contributed by atoms with Gasteiger partial charge in [-0.1, -0.05) is 6.42 Å². The van der Waals surface area contributed by atoms with Crippen molar-refractivity contribution >= 4 is 0 Å². The van der Waals surface area contributed by atoms with Crippen molar-refractivity contribution in [3.8, 4) is 0 Å². The Morgan fingerprint density at radius 1 is 1.12 bits per heavy atom. The summed E-state index contributed by atoms with van der Waals surface area (Å²) in [7, 11) is 0. The van der Waals surface area contributed by atoms with Crippen LogP contribution in [-0.2, 0) is 4.74 Å². The predicted octanol–water partition coefficient (Wildman–Crippen LogP) is 1.51. The molecular weight excluding hydrogens is 202 g/mol. The van der Waals surface area contributed by atoms with Crippen molar-refractivity contribution in [2.75, 3.05) is 39.5 Å². The molecular formula is C13H25NO2. The summed E-state index contributed by atoms with van der Waals surface area (Å²) >= 11 is 0. The molecule has 0 spiro atoms. The van der Waals surface area contributed by atoms with Gasteiger partial charge in [-0.3, -0.25) is 0 Å². The number of piperidine rings is 1. The summed E-state index contributed by atoms with van der Waals surface area (Å²) in [4.78, 5) is 2.54. The molecule has 16 heavy (non-hydrogen) atoms. The number of aliphatic hydroxyl groups excluding tert-OH is 1. The zero-order valence-electron chi connectivity index (χ0n) is 10.2. The van der Waals surface area contributed by atoms with Crippen LogP contribution >= 0.6 is 0 Å². The molecule has 1 unspecified atom stereocenters. The van der Waals surface area contributed by atoms with E-state index >= 15 is 0 Å². The average Bonchev–Trinajstić information content (AvgIpc) is 2.38. The van der Waals surface area contributed by atoms with Gasteiger partial charge in [-0.2, -0.15) is 0 Å². The van der Waals surface area contributed by atoms with E-state index in [4.69, 9.17) is 4.74 Å². The fraction of sp³-hybridized carbons (Fsp3) is 1.00. The number of rotatable bonds is 4. The summed E-state index contributed by atoms with van der Waals surface area (Å²) < 4.78 is 5.39. The molecule has 1 N–H and O–H groups in total. The zero-order valence-corrected chi connectivity index (χ0v) is 10.2. The van der Waals surface area contributed by atoms with Crippen LogP contribution in [0.2, 0.25) is 0 Å². The maximum Gasteiger partial charge on any atom is 0.0474 e. The lowest BCUT2D eigenvalue weighted by molar-refractivity contribution is 0.0206. The van der Waals surface area contributed by atoms with E-state index in [2.05, 4.69) is 4.90 Å².